The van der Waals surface area contributed by atoms with Crippen molar-refractivity contribution in [2.24, 2.45) is 23.3 Å². The molecule has 60 heavy (non-hydrogen) atoms. The Morgan fingerprint density at radius 3 is 1.72 bits per heavy atom. The van der Waals surface area contributed by atoms with Crippen LogP contribution in [-0.2, 0) is 44.8 Å². The molecule has 1 aromatic rings. The summed E-state index contributed by atoms with van der Waals surface area (Å²) in [4.78, 5) is 103. The smallest absolute Gasteiger partial charge is 0.325 e. The van der Waals surface area contributed by atoms with Crippen molar-refractivity contribution >= 4 is 53.3 Å². The number of aromatic hydroxyl groups is 1. The number of rotatable bonds is 26. The lowest BCUT2D eigenvalue weighted by atomic mass is 9.99. The molecule has 0 radical (unpaired) electrons. The van der Waals surface area contributed by atoms with Gasteiger partial charge in [-0.3, -0.25) is 43.8 Å². The Labute approximate surface area is 348 Å². The minimum Gasteiger partial charge on any atom is -0.508 e. The molecule has 0 aliphatic heterocycles. The fourth-order valence-corrected chi connectivity index (χ4v) is 5.62. The molecule has 0 fully saturated rings. The molecule has 0 bridgehead atoms. The van der Waals surface area contributed by atoms with Gasteiger partial charge in [0.25, 0.3) is 0 Å². The monoisotopic (exact) mass is 850 g/mol. The molecule has 336 valence electrons. The Hall–Kier alpha value is -6.03. The van der Waals surface area contributed by atoms with E-state index in [0.717, 1.165) is 0 Å². The van der Waals surface area contributed by atoms with Crippen LogP contribution in [0.25, 0.3) is 0 Å². The molecule has 16 N–H and O–H groups in total. The zero-order valence-corrected chi connectivity index (χ0v) is 34.7. The van der Waals surface area contributed by atoms with Crippen LogP contribution in [0.5, 0.6) is 5.75 Å². The number of hydrogen-bond acceptors (Lipinski definition) is 12. The van der Waals surface area contributed by atoms with E-state index in [4.69, 9.17) is 16.9 Å². The molecule has 0 aromatic heterocycles. The van der Waals surface area contributed by atoms with E-state index in [0.29, 0.717) is 12.0 Å². The van der Waals surface area contributed by atoms with Gasteiger partial charge in [-0.2, -0.15) is 0 Å². The number of aliphatic hydroxyl groups excluding tert-OH is 1. The van der Waals surface area contributed by atoms with Crippen molar-refractivity contribution in [1.82, 2.24) is 37.2 Å². The van der Waals surface area contributed by atoms with Crippen LogP contribution >= 0.6 is 0 Å². The largest absolute Gasteiger partial charge is 0.508 e. The number of carbonyl (C=O) groups is 8. The Morgan fingerprint density at radius 2 is 1.20 bits per heavy atom. The Balaban J connectivity index is 3.30. The number of hydrogen-bond donors (Lipinski definition) is 14. The average Bonchev–Trinajstić information content (AvgIpc) is 3.15. The third kappa shape index (κ3) is 19.1. The van der Waals surface area contributed by atoms with Gasteiger partial charge in [0.15, 0.2) is 5.96 Å². The molecule has 6 amide bonds. The van der Waals surface area contributed by atoms with Gasteiger partial charge >= 0.3 is 11.9 Å². The summed E-state index contributed by atoms with van der Waals surface area (Å²) in [5.41, 5.74) is 11.8. The summed E-state index contributed by atoms with van der Waals surface area (Å²) in [7, 11) is 0. The number of nitrogens with one attached hydrogen (secondary N) is 8. The normalized spacial score (nSPS) is 15.1. The maximum atomic E-state index is 13.7. The van der Waals surface area contributed by atoms with Crippen molar-refractivity contribution in [1.29, 1.82) is 5.41 Å². The first-order valence-corrected chi connectivity index (χ1v) is 19.5. The number of phenolic OH excluding ortho intramolecular Hbond substituents is 1. The number of benzene rings is 1. The molecule has 1 rings (SSSR count). The van der Waals surface area contributed by atoms with Gasteiger partial charge in [0.2, 0.25) is 35.4 Å². The van der Waals surface area contributed by atoms with Crippen molar-refractivity contribution in [2.45, 2.75) is 128 Å². The van der Waals surface area contributed by atoms with Crippen molar-refractivity contribution in [3.8, 4) is 5.75 Å². The maximum Gasteiger partial charge on any atom is 0.325 e. The fourth-order valence-electron chi connectivity index (χ4n) is 5.62. The van der Waals surface area contributed by atoms with E-state index in [9.17, 15) is 58.8 Å². The number of guanidine groups is 1. The van der Waals surface area contributed by atoms with E-state index in [1.807, 2.05) is 0 Å². The highest BCUT2D eigenvalue weighted by Crippen LogP contribution is 2.13. The summed E-state index contributed by atoms with van der Waals surface area (Å²) in [6.07, 6.45) is -2.16. The number of carboxylic acids is 2. The van der Waals surface area contributed by atoms with Crippen LogP contribution in [0.3, 0.4) is 0 Å². The summed E-state index contributed by atoms with van der Waals surface area (Å²) < 4.78 is 0. The fraction of sp³-hybridized carbons (Fsp3) is 0.605. The van der Waals surface area contributed by atoms with Crippen molar-refractivity contribution in [2.75, 3.05) is 6.54 Å². The van der Waals surface area contributed by atoms with Crippen LogP contribution in [0.15, 0.2) is 24.3 Å². The van der Waals surface area contributed by atoms with Crippen molar-refractivity contribution < 1.29 is 58.8 Å². The summed E-state index contributed by atoms with van der Waals surface area (Å²) >= 11 is 0. The van der Waals surface area contributed by atoms with Gasteiger partial charge < -0.3 is 69.1 Å². The molecule has 22 nitrogen and oxygen atoms in total. The number of aliphatic hydroxyl groups is 1. The second-order valence-electron chi connectivity index (χ2n) is 15.2. The Bertz CT molecular complexity index is 1660. The quantitative estimate of drug-likeness (QED) is 0.0260. The molecule has 8 atom stereocenters. The van der Waals surface area contributed by atoms with Gasteiger partial charge in [0.1, 0.15) is 42.0 Å². The van der Waals surface area contributed by atoms with Crippen LogP contribution in [0.1, 0.15) is 79.2 Å². The average molecular weight is 851 g/mol. The summed E-state index contributed by atoms with van der Waals surface area (Å²) in [6, 6.07) is -3.93. The minimum absolute atomic E-state index is 0.0567. The molecule has 0 aliphatic rings. The first kappa shape index (κ1) is 52.0. The molecule has 1 unspecified atom stereocenters. The van der Waals surface area contributed by atoms with Crippen molar-refractivity contribution in [3.05, 3.63) is 29.8 Å². The topological polar surface area (TPSA) is 378 Å². The standard InChI is InChI=1S/C38H62N10O12/c1-18(2)16-26(33(55)43-20(5)37(59)60)46-32(54)25(13-14-28(51)52)44-35(57)29(19(3)4)47-36(58)30(21(6)49)48-34(56)27(17-22-9-11-23(50)12-10-22)45-31(53)24(39)8-7-15-42-38(40)41/h9-12,18-21,24-27,29-30,49-50H,7-8,13-17,39H2,1-6H3,(H,43,55)(H,44,57)(H,45,53)(H,46,54)(H,47,58)(H,48,56)(H,51,52)(H,59,60)(H4,40,41,42)/t20-,21?,24-,25-,26-,27-,29-,30-/m1/s1. The third-order valence-corrected chi connectivity index (χ3v) is 9.01. The van der Waals surface area contributed by atoms with Gasteiger partial charge in [-0.1, -0.05) is 39.8 Å². The van der Waals surface area contributed by atoms with Crippen LogP contribution in [0, 0.1) is 17.2 Å². The third-order valence-electron chi connectivity index (χ3n) is 9.01. The number of amides is 6. The highest BCUT2D eigenvalue weighted by molar-refractivity contribution is 5.97. The number of carbonyl (C=O) groups excluding carboxylic acids is 6. The van der Waals surface area contributed by atoms with Crippen LogP contribution in [0.4, 0.5) is 0 Å². The van der Waals surface area contributed by atoms with Crippen molar-refractivity contribution in [3.63, 3.8) is 0 Å². The number of phenols is 1. The number of carboxylic acid groups (broad SMARTS) is 2. The lowest BCUT2D eigenvalue weighted by molar-refractivity contribution is -0.142. The molecule has 0 saturated carbocycles. The molecular weight excluding hydrogens is 788 g/mol. The van der Waals surface area contributed by atoms with E-state index in [1.54, 1.807) is 27.7 Å². The maximum absolute atomic E-state index is 13.7. The highest BCUT2D eigenvalue weighted by atomic mass is 16.4. The Morgan fingerprint density at radius 1 is 0.683 bits per heavy atom. The van der Waals surface area contributed by atoms with Crippen LogP contribution in [0.2, 0.25) is 0 Å². The van der Waals surface area contributed by atoms with Gasteiger partial charge in [-0.25, -0.2) is 0 Å². The first-order valence-electron chi connectivity index (χ1n) is 19.5. The van der Waals surface area contributed by atoms with Crippen LogP contribution < -0.4 is 48.7 Å². The predicted molar refractivity (Wildman–Crippen MR) is 217 cm³/mol. The SMILES string of the molecule is CC(C)C[C@@H](NC(=O)[C@@H](CCC(=O)O)NC(=O)[C@H](NC(=O)[C@H](NC(=O)[C@@H](Cc1ccc(O)cc1)NC(=O)[C@H](N)CCCNC(=N)N)C(C)O)C(C)C)C(=O)N[C@H](C)C(=O)O. The molecule has 0 saturated heterocycles. The van der Waals surface area contributed by atoms with E-state index in [1.165, 1.54) is 38.1 Å². The summed E-state index contributed by atoms with van der Waals surface area (Å²) in [5.74, 6) is -9.20. The predicted octanol–water partition coefficient (Wildman–Crippen LogP) is -2.51. The van der Waals surface area contributed by atoms with Crippen LogP contribution in [-0.4, -0.2) is 129 Å². The molecule has 22 heteroatoms. The lowest BCUT2D eigenvalue weighted by Gasteiger charge is -2.29. The number of nitrogens with two attached hydrogens (primary N) is 2. The van der Waals surface area contributed by atoms with Gasteiger partial charge in [-0.05, 0) is 69.1 Å². The molecule has 0 aliphatic carbocycles. The van der Waals surface area contributed by atoms with E-state index in [-0.39, 0.29) is 43.4 Å². The van der Waals surface area contributed by atoms with Gasteiger partial charge in [0.05, 0.1) is 12.1 Å². The number of aliphatic carboxylic acids is 2. The van der Waals surface area contributed by atoms with E-state index >= 15 is 0 Å². The van der Waals surface area contributed by atoms with Gasteiger partial charge in [-0.15, -0.1) is 0 Å². The van der Waals surface area contributed by atoms with E-state index in [2.05, 4.69) is 37.2 Å². The minimum atomic E-state index is -1.70. The zero-order chi connectivity index (χ0) is 45.9. The Kier molecular flexibility index (Phi) is 22.1. The summed E-state index contributed by atoms with van der Waals surface area (Å²) in [5, 5.41) is 63.4. The molecule has 1 aromatic carbocycles. The second-order valence-corrected chi connectivity index (χ2v) is 15.2. The lowest BCUT2D eigenvalue weighted by Crippen LogP contribution is -2.62. The molecular formula is C38H62N10O12. The zero-order valence-electron chi connectivity index (χ0n) is 34.7. The highest BCUT2D eigenvalue weighted by Gasteiger charge is 2.36. The molecule has 0 heterocycles. The second kappa shape index (κ2) is 25.5. The van der Waals surface area contributed by atoms with E-state index < -0.39 is 115 Å². The van der Waals surface area contributed by atoms with Gasteiger partial charge in [0, 0.05) is 19.4 Å². The molecule has 0 spiro atoms. The first-order chi connectivity index (χ1) is 27.9. The summed E-state index contributed by atoms with van der Waals surface area (Å²) in [6.45, 7) is 9.26.